The molecule has 0 fully saturated rings. The molecule has 2 aromatic rings. The van der Waals surface area contributed by atoms with Gasteiger partial charge < -0.3 is 5.32 Å². The normalized spacial score (nSPS) is 12.5. The van der Waals surface area contributed by atoms with Crippen LogP contribution < -0.4 is 15.2 Å². The number of anilines is 2. The van der Waals surface area contributed by atoms with Crippen LogP contribution in [0.2, 0.25) is 5.02 Å². The Hall–Kier alpha value is -2.14. The van der Waals surface area contributed by atoms with E-state index in [2.05, 4.69) is 10.0 Å². The van der Waals surface area contributed by atoms with Crippen molar-refractivity contribution >= 4 is 48.9 Å². The van der Waals surface area contributed by atoms with Gasteiger partial charge in [0.1, 0.15) is 4.90 Å². The van der Waals surface area contributed by atoms with Gasteiger partial charge in [0.2, 0.25) is 15.9 Å². The second-order valence-corrected chi connectivity index (χ2v) is 10.6. The predicted octanol–water partition coefficient (Wildman–Crippen LogP) is 2.77. The smallest absolute Gasteiger partial charge is 0.261 e. The number of benzene rings is 2. The molecule has 0 unspecified atom stereocenters. The van der Waals surface area contributed by atoms with Gasteiger partial charge in [0, 0.05) is 16.8 Å². The number of carbonyl (C=O) groups is 1. The summed E-state index contributed by atoms with van der Waals surface area (Å²) in [6.45, 7) is 5.31. The van der Waals surface area contributed by atoms with Gasteiger partial charge >= 0.3 is 0 Å². The standard InChI is InChI=1S/C17H20ClN3O5S2/c1-17(2,3)16(22)20-11-4-6-12(7-5-11)21-28(25,26)13-8-9-14(18)15(10-13)27(19,23)24/h4-10,21H,1-3H3,(H,20,22)(H2,19,23,24). The van der Waals surface area contributed by atoms with Crippen LogP contribution in [0.5, 0.6) is 0 Å². The zero-order valence-corrected chi connectivity index (χ0v) is 17.7. The van der Waals surface area contributed by atoms with E-state index in [1.54, 1.807) is 32.9 Å². The van der Waals surface area contributed by atoms with Crippen molar-refractivity contribution in [1.82, 2.24) is 0 Å². The highest BCUT2D eigenvalue weighted by atomic mass is 35.5. The van der Waals surface area contributed by atoms with E-state index in [1.807, 2.05) is 0 Å². The molecule has 0 atom stereocenters. The number of carbonyl (C=O) groups excluding carboxylic acids is 1. The molecule has 0 saturated heterocycles. The van der Waals surface area contributed by atoms with Gasteiger partial charge in [0.05, 0.1) is 9.92 Å². The monoisotopic (exact) mass is 445 g/mol. The summed E-state index contributed by atoms with van der Waals surface area (Å²) in [6.07, 6.45) is 0. The Morgan fingerprint density at radius 2 is 1.50 bits per heavy atom. The van der Waals surface area contributed by atoms with Crippen molar-refractivity contribution in [3.8, 4) is 0 Å². The van der Waals surface area contributed by atoms with E-state index < -0.39 is 30.4 Å². The van der Waals surface area contributed by atoms with Crippen LogP contribution in [0.25, 0.3) is 0 Å². The van der Waals surface area contributed by atoms with Crippen LogP contribution in [-0.2, 0) is 24.8 Å². The van der Waals surface area contributed by atoms with Crippen LogP contribution in [0.4, 0.5) is 11.4 Å². The molecule has 0 aliphatic heterocycles. The Labute approximate surface area is 169 Å². The van der Waals surface area contributed by atoms with Crippen LogP contribution >= 0.6 is 11.6 Å². The molecule has 0 heterocycles. The van der Waals surface area contributed by atoms with Crippen LogP contribution in [0, 0.1) is 5.41 Å². The molecule has 0 radical (unpaired) electrons. The van der Waals surface area contributed by atoms with Crippen LogP contribution in [0.1, 0.15) is 20.8 Å². The van der Waals surface area contributed by atoms with Gasteiger partial charge in [0.25, 0.3) is 10.0 Å². The van der Waals surface area contributed by atoms with Crippen LogP contribution in [0.3, 0.4) is 0 Å². The molecule has 2 rings (SSSR count). The summed E-state index contributed by atoms with van der Waals surface area (Å²) < 4.78 is 50.4. The molecule has 0 aliphatic carbocycles. The fourth-order valence-electron chi connectivity index (χ4n) is 2.02. The van der Waals surface area contributed by atoms with Crippen LogP contribution in [-0.4, -0.2) is 22.7 Å². The second kappa shape index (κ2) is 7.70. The maximum absolute atomic E-state index is 12.5. The lowest BCUT2D eigenvalue weighted by Gasteiger charge is -2.17. The van der Waals surface area contributed by atoms with Crippen LogP contribution in [0.15, 0.2) is 52.3 Å². The quantitative estimate of drug-likeness (QED) is 0.650. The summed E-state index contributed by atoms with van der Waals surface area (Å²) in [7, 11) is -8.27. The van der Waals surface area contributed by atoms with Gasteiger partial charge in [-0.25, -0.2) is 22.0 Å². The van der Waals surface area contributed by atoms with Crippen molar-refractivity contribution in [2.75, 3.05) is 10.0 Å². The summed E-state index contributed by atoms with van der Waals surface area (Å²) in [5.74, 6) is -0.183. The Bertz CT molecular complexity index is 1110. The largest absolute Gasteiger partial charge is 0.326 e. The van der Waals surface area contributed by atoms with E-state index in [4.69, 9.17) is 16.7 Å². The Kier molecular flexibility index (Phi) is 6.10. The Balaban J connectivity index is 2.25. The van der Waals surface area contributed by atoms with E-state index in [0.717, 1.165) is 18.2 Å². The highest BCUT2D eigenvalue weighted by Crippen LogP contribution is 2.26. The number of hydrogen-bond acceptors (Lipinski definition) is 5. The van der Waals surface area contributed by atoms with Gasteiger partial charge in [-0.05, 0) is 42.5 Å². The minimum absolute atomic E-state index is 0.180. The topological polar surface area (TPSA) is 135 Å². The lowest BCUT2D eigenvalue weighted by Crippen LogP contribution is -2.27. The summed E-state index contributed by atoms with van der Waals surface area (Å²) in [5.41, 5.74) is 0.155. The molecule has 8 nitrogen and oxygen atoms in total. The van der Waals surface area contributed by atoms with E-state index >= 15 is 0 Å². The van der Waals surface area contributed by atoms with Gasteiger partial charge in [-0.3, -0.25) is 9.52 Å². The van der Waals surface area contributed by atoms with Crippen molar-refractivity contribution in [3.05, 3.63) is 47.5 Å². The van der Waals surface area contributed by atoms with E-state index in [0.29, 0.717) is 5.69 Å². The Morgan fingerprint density at radius 3 is 2.00 bits per heavy atom. The maximum Gasteiger partial charge on any atom is 0.261 e. The highest BCUT2D eigenvalue weighted by Gasteiger charge is 2.22. The first-order chi connectivity index (χ1) is 12.7. The minimum atomic E-state index is -4.18. The molecule has 0 saturated carbocycles. The van der Waals surface area contributed by atoms with Gasteiger partial charge in [-0.2, -0.15) is 0 Å². The lowest BCUT2D eigenvalue weighted by molar-refractivity contribution is -0.123. The van der Waals surface area contributed by atoms with Crippen molar-refractivity contribution in [1.29, 1.82) is 0 Å². The van der Waals surface area contributed by atoms with Gasteiger partial charge in [-0.15, -0.1) is 0 Å². The predicted molar refractivity (Wildman–Crippen MR) is 108 cm³/mol. The first kappa shape index (κ1) is 22.2. The molecule has 1 amide bonds. The van der Waals surface area contributed by atoms with E-state index in [1.165, 1.54) is 12.1 Å². The summed E-state index contributed by atoms with van der Waals surface area (Å²) >= 11 is 5.77. The van der Waals surface area contributed by atoms with E-state index in [9.17, 15) is 21.6 Å². The molecule has 4 N–H and O–H groups in total. The molecule has 0 bridgehead atoms. The molecule has 0 aromatic heterocycles. The first-order valence-corrected chi connectivity index (χ1v) is 11.4. The molecule has 0 spiro atoms. The molecular formula is C17H20ClN3O5S2. The molecule has 152 valence electrons. The van der Waals surface area contributed by atoms with Gasteiger partial charge in [-0.1, -0.05) is 32.4 Å². The minimum Gasteiger partial charge on any atom is -0.326 e. The molecule has 11 heteroatoms. The SMILES string of the molecule is CC(C)(C)C(=O)Nc1ccc(NS(=O)(=O)c2ccc(Cl)c(S(N)(=O)=O)c2)cc1. The lowest BCUT2D eigenvalue weighted by atomic mass is 9.95. The summed E-state index contributed by atoms with van der Waals surface area (Å²) in [5, 5.41) is 7.59. The molecular weight excluding hydrogens is 426 g/mol. The third kappa shape index (κ3) is 5.44. The fraction of sp³-hybridized carbons (Fsp3) is 0.235. The zero-order chi connectivity index (χ0) is 21.3. The summed E-state index contributed by atoms with van der Waals surface area (Å²) in [4.78, 5) is 11.2. The average molecular weight is 446 g/mol. The third-order valence-corrected chi connectivity index (χ3v) is 6.37. The van der Waals surface area contributed by atoms with Crippen molar-refractivity contribution in [2.24, 2.45) is 10.6 Å². The number of sulfonamides is 2. The number of nitrogens with two attached hydrogens (primary N) is 1. The third-order valence-electron chi connectivity index (χ3n) is 3.60. The number of primary sulfonamides is 1. The number of rotatable bonds is 5. The highest BCUT2D eigenvalue weighted by molar-refractivity contribution is 7.93. The molecule has 2 aromatic carbocycles. The molecule has 28 heavy (non-hydrogen) atoms. The fourth-order valence-corrected chi connectivity index (χ4v) is 4.25. The summed E-state index contributed by atoms with van der Waals surface area (Å²) in [6, 6.07) is 9.20. The van der Waals surface area contributed by atoms with Crippen molar-refractivity contribution < 1.29 is 21.6 Å². The Morgan fingerprint density at radius 1 is 0.964 bits per heavy atom. The number of amides is 1. The van der Waals surface area contributed by atoms with Gasteiger partial charge in [0.15, 0.2) is 0 Å². The second-order valence-electron chi connectivity index (χ2n) is 7.02. The first-order valence-electron chi connectivity index (χ1n) is 7.97. The average Bonchev–Trinajstić information content (AvgIpc) is 2.54. The zero-order valence-electron chi connectivity index (χ0n) is 15.4. The number of nitrogens with one attached hydrogen (secondary N) is 2. The van der Waals surface area contributed by atoms with E-state index in [-0.39, 0.29) is 21.5 Å². The van der Waals surface area contributed by atoms with Crippen molar-refractivity contribution in [3.63, 3.8) is 0 Å². The maximum atomic E-state index is 12.5. The van der Waals surface area contributed by atoms with Crippen molar-refractivity contribution in [2.45, 2.75) is 30.6 Å². The number of hydrogen-bond donors (Lipinski definition) is 3. The molecule has 0 aliphatic rings. The number of halogens is 1.